The Labute approximate surface area is 191 Å². The summed E-state index contributed by atoms with van der Waals surface area (Å²) >= 11 is 0. The number of hydrogen-bond donors (Lipinski definition) is 2. The molecule has 0 aliphatic carbocycles. The number of amides is 2. The first kappa shape index (κ1) is 20.9. The number of nitrogens with one attached hydrogen (secondary N) is 2. The lowest BCUT2D eigenvalue weighted by atomic mass is 10.1. The van der Waals surface area contributed by atoms with E-state index in [1.165, 1.54) is 0 Å². The van der Waals surface area contributed by atoms with Gasteiger partial charge in [0.05, 0.1) is 11.7 Å². The number of hydrogen-bond acceptors (Lipinski definition) is 4. The van der Waals surface area contributed by atoms with Gasteiger partial charge in [-0.15, -0.1) is 0 Å². The fraction of sp³-hybridized carbons (Fsp3) is 0.280. The molecule has 4 aromatic rings. The molecule has 0 bridgehead atoms. The highest BCUT2D eigenvalue weighted by Gasteiger charge is 2.24. The van der Waals surface area contributed by atoms with E-state index in [1.807, 2.05) is 48.9 Å². The van der Waals surface area contributed by atoms with Gasteiger partial charge in [-0.1, -0.05) is 18.2 Å². The Hall–Kier alpha value is -3.94. The molecule has 1 aliphatic heterocycles. The number of carbonyl (C=O) groups is 2. The minimum Gasteiger partial charge on any atom is -0.321 e. The maximum absolute atomic E-state index is 13.0. The maximum atomic E-state index is 13.0. The van der Waals surface area contributed by atoms with Gasteiger partial charge in [0.25, 0.3) is 11.8 Å². The second kappa shape index (κ2) is 8.20. The van der Waals surface area contributed by atoms with Gasteiger partial charge in [0.1, 0.15) is 11.5 Å². The highest BCUT2D eigenvalue weighted by Crippen LogP contribution is 2.27. The Morgan fingerprint density at radius 2 is 1.91 bits per heavy atom. The predicted molar refractivity (Wildman–Crippen MR) is 128 cm³/mol. The number of rotatable bonds is 4. The summed E-state index contributed by atoms with van der Waals surface area (Å²) in [5.74, 6) is 0.515. The van der Waals surface area contributed by atoms with Crippen LogP contribution in [-0.4, -0.2) is 31.1 Å². The molecule has 8 heteroatoms. The standard InChI is InChI=1S/C25H26N6O2/c1-15-13-17(27-25(33)23-18-8-4-5-9-20(18)30(3)29-23)11-12-19(15)28-24(32)21-14-26-22-10-6-7-16(2)31(21)22/h4-5,8-9,11-14,16H,6-7,10H2,1-3H3,(H,27,33)(H,28,32). The quantitative estimate of drug-likeness (QED) is 0.487. The topological polar surface area (TPSA) is 93.8 Å². The maximum Gasteiger partial charge on any atom is 0.276 e. The summed E-state index contributed by atoms with van der Waals surface area (Å²) in [7, 11) is 1.82. The van der Waals surface area contributed by atoms with Crippen molar-refractivity contribution in [3.05, 3.63) is 71.4 Å². The molecule has 0 saturated heterocycles. The van der Waals surface area contributed by atoms with Crippen molar-refractivity contribution in [2.45, 2.75) is 39.2 Å². The van der Waals surface area contributed by atoms with E-state index in [-0.39, 0.29) is 17.9 Å². The van der Waals surface area contributed by atoms with Crippen LogP contribution in [0, 0.1) is 6.92 Å². The highest BCUT2D eigenvalue weighted by atomic mass is 16.2. The summed E-state index contributed by atoms with van der Waals surface area (Å²) < 4.78 is 3.74. The summed E-state index contributed by atoms with van der Waals surface area (Å²) in [6, 6.07) is 13.3. The van der Waals surface area contributed by atoms with Gasteiger partial charge in [-0.25, -0.2) is 4.98 Å². The van der Waals surface area contributed by atoms with Gasteiger partial charge in [0, 0.05) is 36.3 Å². The van der Waals surface area contributed by atoms with Gasteiger partial charge in [-0.2, -0.15) is 5.10 Å². The van der Waals surface area contributed by atoms with E-state index in [0.29, 0.717) is 22.8 Å². The molecule has 3 heterocycles. The average molecular weight is 443 g/mol. The van der Waals surface area contributed by atoms with Crippen molar-refractivity contribution in [1.82, 2.24) is 19.3 Å². The SMILES string of the molecule is Cc1cc(NC(=O)c2nn(C)c3ccccc23)ccc1NC(=O)c1cnc2n1C(C)CCC2. The Morgan fingerprint density at radius 3 is 2.73 bits per heavy atom. The Morgan fingerprint density at radius 1 is 1.09 bits per heavy atom. The zero-order valence-corrected chi connectivity index (χ0v) is 18.9. The Balaban J connectivity index is 1.33. The summed E-state index contributed by atoms with van der Waals surface area (Å²) in [6.07, 6.45) is 4.70. The highest BCUT2D eigenvalue weighted by molar-refractivity contribution is 6.11. The second-order valence-corrected chi connectivity index (χ2v) is 8.60. The van der Waals surface area contributed by atoms with Gasteiger partial charge in [0.2, 0.25) is 0 Å². The first-order valence-electron chi connectivity index (χ1n) is 11.1. The first-order chi connectivity index (χ1) is 15.9. The number of aromatic nitrogens is 4. The molecule has 1 atom stereocenters. The average Bonchev–Trinajstić information content (AvgIpc) is 3.38. The number of anilines is 2. The van der Waals surface area contributed by atoms with Crippen molar-refractivity contribution < 1.29 is 9.59 Å². The predicted octanol–water partition coefficient (Wildman–Crippen LogP) is 4.48. The molecule has 0 saturated carbocycles. The number of imidazole rings is 1. The van der Waals surface area contributed by atoms with Crippen LogP contribution in [0.25, 0.3) is 10.9 Å². The number of nitrogens with zero attached hydrogens (tertiary/aromatic N) is 4. The van der Waals surface area contributed by atoms with Crippen LogP contribution in [0.4, 0.5) is 11.4 Å². The molecule has 2 aromatic carbocycles. The van der Waals surface area contributed by atoms with Crippen LogP contribution in [0.5, 0.6) is 0 Å². The molecule has 1 aliphatic rings. The van der Waals surface area contributed by atoms with Crippen molar-refractivity contribution in [3.63, 3.8) is 0 Å². The third-order valence-corrected chi connectivity index (χ3v) is 6.27. The third-order valence-electron chi connectivity index (χ3n) is 6.27. The number of fused-ring (bicyclic) bond motifs is 2. The monoisotopic (exact) mass is 442 g/mol. The van der Waals surface area contributed by atoms with E-state index < -0.39 is 0 Å². The Bertz CT molecular complexity index is 1380. The number of aryl methyl sites for hydroxylation is 3. The van der Waals surface area contributed by atoms with Crippen LogP contribution < -0.4 is 10.6 Å². The molecule has 2 N–H and O–H groups in total. The van der Waals surface area contributed by atoms with Crippen molar-refractivity contribution in [2.75, 3.05) is 10.6 Å². The van der Waals surface area contributed by atoms with Crippen molar-refractivity contribution in [2.24, 2.45) is 7.05 Å². The second-order valence-electron chi connectivity index (χ2n) is 8.60. The molecule has 2 aromatic heterocycles. The van der Waals surface area contributed by atoms with Crippen molar-refractivity contribution in [1.29, 1.82) is 0 Å². The van der Waals surface area contributed by atoms with E-state index in [9.17, 15) is 9.59 Å². The van der Waals surface area contributed by atoms with Gasteiger partial charge < -0.3 is 15.2 Å². The summed E-state index contributed by atoms with van der Waals surface area (Å²) in [5.41, 5.74) is 4.03. The van der Waals surface area contributed by atoms with Gasteiger partial charge in [-0.3, -0.25) is 14.3 Å². The lowest BCUT2D eigenvalue weighted by molar-refractivity contribution is 0.100. The fourth-order valence-corrected chi connectivity index (χ4v) is 4.57. The third kappa shape index (κ3) is 3.77. The van der Waals surface area contributed by atoms with Crippen LogP contribution in [0.2, 0.25) is 0 Å². The zero-order valence-electron chi connectivity index (χ0n) is 18.9. The van der Waals surface area contributed by atoms with E-state index in [4.69, 9.17) is 0 Å². The number of benzene rings is 2. The zero-order chi connectivity index (χ0) is 23.1. The molecule has 5 rings (SSSR count). The molecule has 33 heavy (non-hydrogen) atoms. The van der Waals surface area contributed by atoms with Gasteiger partial charge in [-0.05, 0) is 56.5 Å². The van der Waals surface area contributed by atoms with Crippen LogP contribution in [0.1, 0.15) is 58.2 Å². The van der Waals surface area contributed by atoms with Gasteiger partial charge in [0.15, 0.2) is 5.69 Å². The van der Waals surface area contributed by atoms with Crippen molar-refractivity contribution >= 4 is 34.1 Å². The van der Waals surface area contributed by atoms with E-state index in [2.05, 4.69) is 27.6 Å². The number of para-hydroxylation sites is 1. The van der Waals surface area contributed by atoms with E-state index in [1.54, 1.807) is 23.0 Å². The molecular formula is C25H26N6O2. The molecule has 8 nitrogen and oxygen atoms in total. The van der Waals surface area contributed by atoms with E-state index >= 15 is 0 Å². The molecule has 0 spiro atoms. The lowest BCUT2D eigenvalue weighted by Gasteiger charge is -2.23. The molecule has 1 unspecified atom stereocenters. The smallest absolute Gasteiger partial charge is 0.276 e. The summed E-state index contributed by atoms with van der Waals surface area (Å²) in [4.78, 5) is 30.3. The number of carbonyl (C=O) groups excluding carboxylic acids is 2. The minimum absolute atomic E-state index is 0.178. The van der Waals surface area contributed by atoms with E-state index in [0.717, 1.165) is 41.6 Å². The summed E-state index contributed by atoms with van der Waals surface area (Å²) in [5, 5.41) is 11.1. The van der Waals surface area contributed by atoms with Crippen LogP contribution >= 0.6 is 0 Å². The van der Waals surface area contributed by atoms with Crippen LogP contribution in [0.3, 0.4) is 0 Å². The molecule has 0 radical (unpaired) electrons. The molecule has 168 valence electrons. The molecular weight excluding hydrogens is 416 g/mol. The minimum atomic E-state index is -0.275. The van der Waals surface area contributed by atoms with Gasteiger partial charge >= 0.3 is 0 Å². The normalized spacial score (nSPS) is 15.3. The fourth-order valence-electron chi connectivity index (χ4n) is 4.57. The van der Waals surface area contributed by atoms with Crippen LogP contribution in [-0.2, 0) is 13.5 Å². The molecule has 2 amide bonds. The molecule has 0 fully saturated rings. The lowest BCUT2D eigenvalue weighted by Crippen LogP contribution is -2.23. The largest absolute Gasteiger partial charge is 0.321 e. The van der Waals surface area contributed by atoms with Crippen molar-refractivity contribution in [3.8, 4) is 0 Å². The Kier molecular flexibility index (Phi) is 5.20. The first-order valence-corrected chi connectivity index (χ1v) is 11.1. The van der Waals surface area contributed by atoms with Crippen LogP contribution in [0.15, 0.2) is 48.7 Å². The summed E-state index contributed by atoms with van der Waals surface area (Å²) in [6.45, 7) is 4.02.